The number of nitrogens with zero attached hydrogens (tertiary/aromatic N) is 7. The zero-order valence-corrected chi connectivity index (χ0v) is 19.4. The van der Waals surface area contributed by atoms with Crippen LogP contribution in [0.1, 0.15) is 12.5 Å². The van der Waals surface area contributed by atoms with Gasteiger partial charge in [-0.3, -0.25) is 0 Å². The maximum absolute atomic E-state index is 4.84. The first-order chi connectivity index (χ1) is 14.3. The zero-order chi connectivity index (χ0) is 19.9. The number of nitrogens with one attached hydrogen (secondary N) is 1. The molecule has 2 aromatic heterocycles. The van der Waals surface area contributed by atoms with E-state index >= 15 is 0 Å². The van der Waals surface area contributed by atoms with Crippen molar-refractivity contribution in [1.29, 1.82) is 0 Å². The van der Waals surface area contributed by atoms with E-state index < -0.39 is 0 Å². The number of hydrogen-bond donors (Lipinski definition) is 1. The van der Waals surface area contributed by atoms with E-state index in [4.69, 9.17) is 4.99 Å². The summed E-state index contributed by atoms with van der Waals surface area (Å²) in [6.07, 6.45) is 7.49. The van der Waals surface area contributed by atoms with Gasteiger partial charge in [-0.1, -0.05) is 18.2 Å². The summed E-state index contributed by atoms with van der Waals surface area (Å²) >= 11 is 0. The zero-order valence-electron chi connectivity index (χ0n) is 17.1. The second-order valence-corrected chi connectivity index (χ2v) is 6.82. The third-order valence-corrected chi connectivity index (χ3v) is 4.82. The molecular weight excluding hydrogens is 491 g/mol. The van der Waals surface area contributed by atoms with Gasteiger partial charge in [-0.15, -0.1) is 24.0 Å². The molecule has 1 aliphatic heterocycles. The lowest BCUT2D eigenvalue weighted by molar-refractivity contribution is 0.370. The molecule has 30 heavy (non-hydrogen) atoms. The van der Waals surface area contributed by atoms with E-state index in [9.17, 15) is 0 Å². The molecule has 0 aliphatic carbocycles. The summed E-state index contributed by atoms with van der Waals surface area (Å²) in [6.45, 7) is 7.04. The summed E-state index contributed by atoms with van der Waals surface area (Å²) in [5.41, 5.74) is 2.13. The van der Waals surface area contributed by atoms with Crippen LogP contribution >= 0.6 is 24.0 Å². The summed E-state index contributed by atoms with van der Waals surface area (Å²) in [5, 5.41) is 7.87. The minimum Gasteiger partial charge on any atom is -0.357 e. The molecule has 0 amide bonds. The van der Waals surface area contributed by atoms with Gasteiger partial charge in [0.15, 0.2) is 5.96 Å². The SMILES string of the molecule is CCNC(=NCc1cnn(-c2ccccc2)c1)N1CCN(c2ncccn2)CC1.I. The molecule has 1 aromatic carbocycles. The van der Waals surface area contributed by atoms with Crippen molar-refractivity contribution >= 4 is 35.9 Å². The van der Waals surface area contributed by atoms with Gasteiger partial charge in [0.1, 0.15) is 0 Å². The maximum Gasteiger partial charge on any atom is 0.225 e. The highest BCUT2D eigenvalue weighted by Crippen LogP contribution is 2.11. The van der Waals surface area contributed by atoms with Gasteiger partial charge < -0.3 is 15.1 Å². The number of benzene rings is 1. The minimum atomic E-state index is 0. The van der Waals surface area contributed by atoms with Crippen LogP contribution in [0.5, 0.6) is 0 Å². The number of halogens is 1. The number of guanidine groups is 1. The van der Waals surface area contributed by atoms with Gasteiger partial charge in [0, 0.05) is 56.9 Å². The fourth-order valence-electron chi connectivity index (χ4n) is 3.33. The van der Waals surface area contributed by atoms with Crippen molar-refractivity contribution in [3.05, 3.63) is 66.7 Å². The van der Waals surface area contributed by atoms with E-state index in [0.29, 0.717) is 6.54 Å². The van der Waals surface area contributed by atoms with Crippen LogP contribution in [0, 0.1) is 0 Å². The summed E-state index contributed by atoms with van der Waals surface area (Å²) in [7, 11) is 0. The normalized spacial score (nSPS) is 14.4. The molecule has 3 aromatic rings. The van der Waals surface area contributed by atoms with Crippen molar-refractivity contribution in [2.45, 2.75) is 13.5 Å². The number of anilines is 1. The predicted molar refractivity (Wildman–Crippen MR) is 130 cm³/mol. The van der Waals surface area contributed by atoms with E-state index in [1.165, 1.54) is 0 Å². The highest BCUT2D eigenvalue weighted by atomic mass is 127. The van der Waals surface area contributed by atoms with Crippen molar-refractivity contribution in [3.8, 4) is 5.69 Å². The number of piperazine rings is 1. The van der Waals surface area contributed by atoms with Gasteiger partial charge in [0.2, 0.25) is 5.95 Å². The lowest BCUT2D eigenvalue weighted by Gasteiger charge is -2.36. The van der Waals surface area contributed by atoms with Gasteiger partial charge >= 0.3 is 0 Å². The summed E-state index contributed by atoms with van der Waals surface area (Å²) < 4.78 is 1.89. The monoisotopic (exact) mass is 518 g/mol. The lowest BCUT2D eigenvalue weighted by Crippen LogP contribution is -2.52. The van der Waals surface area contributed by atoms with Crippen molar-refractivity contribution in [1.82, 2.24) is 30.0 Å². The average molecular weight is 518 g/mol. The van der Waals surface area contributed by atoms with E-state index in [2.05, 4.69) is 37.1 Å². The number of aromatic nitrogens is 4. The van der Waals surface area contributed by atoms with Crippen LogP contribution in [0.4, 0.5) is 5.95 Å². The Kier molecular flexibility index (Phi) is 8.00. The molecule has 158 valence electrons. The van der Waals surface area contributed by atoms with Gasteiger partial charge in [-0.25, -0.2) is 19.6 Å². The molecule has 0 unspecified atom stereocenters. The average Bonchev–Trinajstić information content (AvgIpc) is 3.27. The molecule has 8 nitrogen and oxygen atoms in total. The third kappa shape index (κ3) is 5.47. The van der Waals surface area contributed by atoms with Crippen LogP contribution in [-0.2, 0) is 6.54 Å². The Labute approximate surface area is 194 Å². The molecule has 1 N–H and O–H groups in total. The Balaban J connectivity index is 0.00000256. The van der Waals surface area contributed by atoms with Crippen LogP contribution < -0.4 is 10.2 Å². The topological polar surface area (TPSA) is 74.5 Å². The molecule has 1 saturated heterocycles. The molecule has 4 rings (SSSR count). The largest absolute Gasteiger partial charge is 0.357 e. The van der Waals surface area contributed by atoms with Crippen LogP contribution in [0.3, 0.4) is 0 Å². The van der Waals surface area contributed by atoms with E-state index in [1.54, 1.807) is 12.4 Å². The molecule has 9 heteroatoms. The van der Waals surface area contributed by atoms with E-state index in [0.717, 1.165) is 55.9 Å². The Bertz CT molecular complexity index is 920. The molecule has 0 spiro atoms. The van der Waals surface area contributed by atoms with Crippen LogP contribution in [0.2, 0.25) is 0 Å². The standard InChI is InChI=1S/C21H26N8.HI/c1-2-22-20(27-11-13-28(14-12-27)21-23-9-6-10-24-21)25-15-18-16-26-29(17-18)19-7-4-3-5-8-19;/h3-10,16-17H,2,11-15H2,1H3,(H,22,25);1H. The van der Waals surface area contributed by atoms with Crippen LogP contribution in [-0.4, -0.2) is 63.3 Å². The smallest absolute Gasteiger partial charge is 0.225 e. The first-order valence-electron chi connectivity index (χ1n) is 9.97. The molecule has 3 heterocycles. The van der Waals surface area contributed by atoms with Gasteiger partial charge in [0.25, 0.3) is 0 Å². The summed E-state index contributed by atoms with van der Waals surface area (Å²) in [4.78, 5) is 18.1. The Morgan fingerprint density at radius 2 is 1.77 bits per heavy atom. The highest BCUT2D eigenvalue weighted by Gasteiger charge is 2.21. The fourth-order valence-corrected chi connectivity index (χ4v) is 3.33. The highest BCUT2D eigenvalue weighted by molar-refractivity contribution is 14.0. The molecule has 1 fully saturated rings. The van der Waals surface area contributed by atoms with Crippen molar-refractivity contribution in [2.24, 2.45) is 4.99 Å². The Hall–Kier alpha value is -2.69. The summed E-state index contributed by atoms with van der Waals surface area (Å²) in [6, 6.07) is 12.0. The second-order valence-electron chi connectivity index (χ2n) is 6.82. The third-order valence-electron chi connectivity index (χ3n) is 4.82. The molecule has 0 bridgehead atoms. The molecular formula is C21H27IN8. The van der Waals surface area contributed by atoms with Gasteiger partial charge in [0.05, 0.1) is 18.4 Å². The minimum absolute atomic E-state index is 0. The van der Waals surface area contributed by atoms with E-state index in [-0.39, 0.29) is 24.0 Å². The van der Waals surface area contributed by atoms with Crippen molar-refractivity contribution in [3.63, 3.8) is 0 Å². The maximum atomic E-state index is 4.84. The van der Waals surface area contributed by atoms with Crippen LogP contribution in [0.15, 0.2) is 66.2 Å². The van der Waals surface area contributed by atoms with Crippen molar-refractivity contribution < 1.29 is 0 Å². The summed E-state index contributed by atoms with van der Waals surface area (Å²) in [5.74, 6) is 1.73. The molecule has 0 saturated carbocycles. The number of para-hydroxylation sites is 1. The predicted octanol–water partition coefficient (Wildman–Crippen LogP) is 2.57. The Morgan fingerprint density at radius 1 is 1.03 bits per heavy atom. The van der Waals surface area contributed by atoms with Gasteiger partial charge in [-0.2, -0.15) is 5.10 Å². The van der Waals surface area contributed by atoms with Crippen molar-refractivity contribution in [2.75, 3.05) is 37.6 Å². The second kappa shape index (κ2) is 10.9. The van der Waals surface area contributed by atoms with Gasteiger partial charge in [-0.05, 0) is 25.1 Å². The number of aliphatic imine (C=N–C) groups is 1. The molecule has 0 atom stereocenters. The first kappa shape index (κ1) is 22.0. The number of hydrogen-bond acceptors (Lipinski definition) is 5. The number of rotatable bonds is 5. The lowest BCUT2D eigenvalue weighted by atomic mass is 10.3. The fraction of sp³-hybridized carbons (Fsp3) is 0.333. The first-order valence-corrected chi connectivity index (χ1v) is 9.97. The van der Waals surface area contributed by atoms with E-state index in [1.807, 2.05) is 53.5 Å². The molecule has 1 aliphatic rings. The Morgan fingerprint density at radius 3 is 2.47 bits per heavy atom. The molecule has 0 radical (unpaired) electrons. The quantitative estimate of drug-likeness (QED) is 0.318. The van der Waals surface area contributed by atoms with Crippen LogP contribution in [0.25, 0.3) is 5.69 Å².